The van der Waals surface area contributed by atoms with Crippen molar-refractivity contribution >= 4 is 21.6 Å². The first kappa shape index (κ1) is 20.4. The summed E-state index contributed by atoms with van der Waals surface area (Å²) in [5, 5.41) is 2.82. The molecule has 0 aromatic heterocycles. The minimum atomic E-state index is -3.61. The van der Waals surface area contributed by atoms with Crippen molar-refractivity contribution in [2.24, 2.45) is 0 Å². The lowest BCUT2D eigenvalue weighted by Gasteiger charge is -2.17. The average Bonchev–Trinajstić information content (AvgIpc) is 3.23. The Hall–Kier alpha value is -2.38. The lowest BCUT2D eigenvalue weighted by atomic mass is 10.0. The maximum atomic E-state index is 12.8. The van der Waals surface area contributed by atoms with E-state index >= 15 is 0 Å². The van der Waals surface area contributed by atoms with Crippen molar-refractivity contribution in [1.82, 2.24) is 4.31 Å². The summed E-state index contributed by atoms with van der Waals surface area (Å²) in [6.07, 6.45) is 1.71. The van der Waals surface area contributed by atoms with Crippen molar-refractivity contribution in [2.75, 3.05) is 25.5 Å². The van der Waals surface area contributed by atoms with Gasteiger partial charge in [0.25, 0.3) is 5.91 Å². The van der Waals surface area contributed by atoms with Crippen LogP contribution in [0.1, 0.15) is 48.5 Å². The van der Waals surface area contributed by atoms with Crippen LogP contribution in [0.5, 0.6) is 5.75 Å². The number of sulfonamides is 1. The van der Waals surface area contributed by atoms with E-state index in [1.54, 1.807) is 0 Å². The number of anilines is 1. The lowest BCUT2D eigenvalue weighted by molar-refractivity contribution is 0.102. The molecule has 0 aliphatic carbocycles. The lowest BCUT2D eigenvalue weighted by Crippen LogP contribution is -2.28. The summed E-state index contributed by atoms with van der Waals surface area (Å²) in [6, 6.07) is 12.0. The van der Waals surface area contributed by atoms with Crippen molar-refractivity contribution in [3.63, 3.8) is 0 Å². The van der Waals surface area contributed by atoms with E-state index in [0.29, 0.717) is 30.4 Å². The highest BCUT2D eigenvalue weighted by molar-refractivity contribution is 7.89. The third-order valence-corrected chi connectivity index (χ3v) is 6.85. The number of ether oxygens (including phenoxy) is 1. The molecular weight excluding hydrogens is 376 g/mol. The normalized spacial score (nSPS) is 15.0. The smallest absolute Gasteiger partial charge is 0.259 e. The average molecular weight is 403 g/mol. The first-order valence-electron chi connectivity index (χ1n) is 9.42. The van der Waals surface area contributed by atoms with E-state index in [4.69, 9.17) is 4.74 Å². The molecule has 1 amide bonds. The van der Waals surface area contributed by atoms with Crippen LogP contribution in [0.2, 0.25) is 0 Å². The van der Waals surface area contributed by atoms with E-state index in [-0.39, 0.29) is 10.5 Å². The van der Waals surface area contributed by atoms with E-state index in [1.807, 2.05) is 24.3 Å². The summed E-state index contributed by atoms with van der Waals surface area (Å²) >= 11 is 0. The molecule has 1 N–H and O–H groups in total. The van der Waals surface area contributed by atoms with Gasteiger partial charge in [-0.15, -0.1) is 0 Å². The van der Waals surface area contributed by atoms with Crippen LogP contribution in [0.4, 0.5) is 5.69 Å². The minimum Gasteiger partial charge on any atom is -0.496 e. The molecule has 0 radical (unpaired) electrons. The number of methoxy groups -OCH3 is 1. The molecule has 7 heteroatoms. The van der Waals surface area contributed by atoms with Gasteiger partial charge in [0.2, 0.25) is 10.0 Å². The maximum Gasteiger partial charge on any atom is 0.259 e. The highest BCUT2D eigenvalue weighted by Gasteiger charge is 2.28. The van der Waals surface area contributed by atoms with Crippen LogP contribution in [0.3, 0.4) is 0 Å². The summed E-state index contributed by atoms with van der Waals surface area (Å²) in [7, 11) is -2.15. The van der Waals surface area contributed by atoms with Crippen LogP contribution < -0.4 is 10.1 Å². The Labute approximate surface area is 166 Å². The molecule has 2 aromatic rings. The Balaban J connectivity index is 1.88. The number of nitrogens with zero attached hydrogens (tertiary/aromatic N) is 1. The largest absolute Gasteiger partial charge is 0.496 e. The molecule has 3 rings (SSSR count). The number of amides is 1. The molecule has 0 atom stereocenters. The van der Waals surface area contributed by atoms with E-state index < -0.39 is 15.9 Å². The maximum absolute atomic E-state index is 12.8. The molecule has 0 saturated carbocycles. The molecule has 6 nitrogen and oxygen atoms in total. The number of hydrogen-bond donors (Lipinski definition) is 1. The van der Waals surface area contributed by atoms with Gasteiger partial charge in [0.15, 0.2) is 0 Å². The predicted molar refractivity (Wildman–Crippen MR) is 109 cm³/mol. The quantitative estimate of drug-likeness (QED) is 0.796. The standard InChI is InChI=1S/C21H26N2O4S/c1-15(2)16-6-8-17(9-7-16)22-21(24)19-14-18(10-11-20(19)27-3)28(25,26)23-12-4-5-13-23/h6-11,14-15H,4-5,12-13H2,1-3H3,(H,22,24). The van der Waals surface area contributed by atoms with Crippen molar-refractivity contribution in [1.29, 1.82) is 0 Å². The SMILES string of the molecule is COc1ccc(S(=O)(=O)N2CCCC2)cc1C(=O)Nc1ccc(C(C)C)cc1. The molecule has 0 bridgehead atoms. The topological polar surface area (TPSA) is 75.7 Å². The number of rotatable bonds is 6. The Kier molecular flexibility index (Phi) is 6.05. The fourth-order valence-corrected chi connectivity index (χ4v) is 4.80. The third-order valence-electron chi connectivity index (χ3n) is 4.95. The van der Waals surface area contributed by atoms with Crippen molar-refractivity contribution < 1.29 is 17.9 Å². The molecule has 28 heavy (non-hydrogen) atoms. The highest BCUT2D eigenvalue weighted by atomic mass is 32.2. The van der Waals surface area contributed by atoms with Crippen molar-refractivity contribution in [2.45, 2.75) is 37.5 Å². The van der Waals surface area contributed by atoms with Gasteiger partial charge in [-0.3, -0.25) is 4.79 Å². The Bertz CT molecular complexity index is 947. The fourth-order valence-electron chi connectivity index (χ4n) is 3.25. The van der Waals surface area contributed by atoms with Crippen LogP contribution in [0.25, 0.3) is 0 Å². The van der Waals surface area contributed by atoms with E-state index in [9.17, 15) is 13.2 Å². The van der Waals surface area contributed by atoms with Gasteiger partial charge in [0.1, 0.15) is 5.75 Å². The molecule has 1 aliphatic heterocycles. The Morgan fingerprint density at radius 1 is 1.07 bits per heavy atom. The second-order valence-corrected chi connectivity index (χ2v) is 9.14. The van der Waals surface area contributed by atoms with Gasteiger partial charge in [-0.1, -0.05) is 26.0 Å². The van der Waals surface area contributed by atoms with Gasteiger partial charge in [-0.2, -0.15) is 4.31 Å². The molecule has 1 saturated heterocycles. The third kappa shape index (κ3) is 4.20. The second kappa shape index (κ2) is 8.32. The molecule has 0 unspecified atom stereocenters. The van der Waals surface area contributed by atoms with Gasteiger partial charge in [-0.05, 0) is 54.7 Å². The molecule has 2 aromatic carbocycles. The molecule has 1 fully saturated rings. The van der Waals surface area contributed by atoms with E-state index in [2.05, 4.69) is 19.2 Å². The van der Waals surface area contributed by atoms with Crippen LogP contribution in [-0.4, -0.2) is 38.8 Å². The molecule has 0 spiro atoms. The molecule has 1 aliphatic rings. The zero-order valence-corrected chi connectivity index (χ0v) is 17.3. The predicted octanol–water partition coefficient (Wildman–Crippen LogP) is 3.86. The highest BCUT2D eigenvalue weighted by Crippen LogP contribution is 2.27. The summed E-state index contributed by atoms with van der Waals surface area (Å²) in [4.78, 5) is 12.9. The van der Waals surface area contributed by atoms with Gasteiger partial charge < -0.3 is 10.1 Å². The fraction of sp³-hybridized carbons (Fsp3) is 0.381. The van der Waals surface area contributed by atoms with Crippen LogP contribution in [0, 0.1) is 0 Å². The molecule has 150 valence electrons. The van der Waals surface area contributed by atoms with Crippen molar-refractivity contribution in [3.05, 3.63) is 53.6 Å². The van der Waals surface area contributed by atoms with E-state index in [0.717, 1.165) is 12.8 Å². The number of benzene rings is 2. The summed E-state index contributed by atoms with van der Waals surface area (Å²) in [5.74, 6) is 0.321. The first-order chi connectivity index (χ1) is 13.3. The Morgan fingerprint density at radius 3 is 2.29 bits per heavy atom. The Morgan fingerprint density at radius 2 is 1.71 bits per heavy atom. The zero-order chi connectivity index (χ0) is 20.3. The van der Waals surface area contributed by atoms with Crippen LogP contribution in [-0.2, 0) is 10.0 Å². The summed E-state index contributed by atoms with van der Waals surface area (Å²) < 4.78 is 32.4. The summed E-state index contributed by atoms with van der Waals surface area (Å²) in [6.45, 7) is 5.23. The van der Waals surface area contributed by atoms with Crippen LogP contribution >= 0.6 is 0 Å². The van der Waals surface area contributed by atoms with Gasteiger partial charge in [-0.25, -0.2) is 8.42 Å². The van der Waals surface area contributed by atoms with Gasteiger partial charge in [0.05, 0.1) is 17.6 Å². The first-order valence-corrected chi connectivity index (χ1v) is 10.9. The number of nitrogens with one attached hydrogen (secondary N) is 1. The van der Waals surface area contributed by atoms with Crippen LogP contribution in [0.15, 0.2) is 47.4 Å². The zero-order valence-electron chi connectivity index (χ0n) is 16.4. The second-order valence-electron chi connectivity index (χ2n) is 7.20. The minimum absolute atomic E-state index is 0.107. The number of carbonyl (C=O) groups is 1. The van der Waals surface area contributed by atoms with Gasteiger partial charge >= 0.3 is 0 Å². The van der Waals surface area contributed by atoms with Crippen molar-refractivity contribution in [3.8, 4) is 5.75 Å². The van der Waals surface area contributed by atoms with Gasteiger partial charge in [0, 0.05) is 18.8 Å². The summed E-state index contributed by atoms with van der Waals surface area (Å²) in [5.41, 5.74) is 2.01. The number of carbonyl (C=O) groups excluding carboxylic acids is 1. The van der Waals surface area contributed by atoms with E-state index in [1.165, 1.54) is 35.2 Å². The molecular formula is C21H26N2O4S. The number of hydrogen-bond acceptors (Lipinski definition) is 4. The monoisotopic (exact) mass is 402 g/mol. The molecule has 1 heterocycles.